The normalized spacial score (nSPS) is 11.1. The largest absolute Gasteiger partial charge is 0.336 e. The van der Waals surface area contributed by atoms with Crippen molar-refractivity contribution >= 4 is 11.8 Å². The molecule has 0 radical (unpaired) electrons. The van der Waals surface area contributed by atoms with E-state index in [0.29, 0.717) is 11.7 Å². The fourth-order valence-corrected chi connectivity index (χ4v) is 1.30. The number of hydrogen-bond donors (Lipinski definition) is 2. The lowest BCUT2D eigenvalue weighted by Crippen LogP contribution is -2.07. The van der Waals surface area contributed by atoms with Crippen LogP contribution < -0.4 is 11.6 Å². The van der Waals surface area contributed by atoms with Gasteiger partial charge in [-0.25, -0.2) is 4.68 Å². The van der Waals surface area contributed by atoms with Crippen molar-refractivity contribution < 1.29 is 0 Å². The molecule has 0 aliphatic rings. The summed E-state index contributed by atoms with van der Waals surface area (Å²) < 4.78 is 1.39. The molecule has 0 spiro atoms. The zero-order valence-electron chi connectivity index (χ0n) is 6.55. The summed E-state index contributed by atoms with van der Waals surface area (Å²) in [6.07, 6.45) is 5.33. The van der Waals surface area contributed by atoms with Gasteiger partial charge in [0.1, 0.15) is 6.33 Å². The first-order chi connectivity index (χ1) is 5.84. The van der Waals surface area contributed by atoms with Crippen molar-refractivity contribution in [2.24, 2.45) is 5.73 Å². The van der Waals surface area contributed by atoms with Crippen LogP contribution in [0.5, 0.6) is 0 Å². The van der Waals surface area contributed by atoms with Gasteiger partial charge in [-0.3, -0.25) is 0 Å². The Labute approximate surface area is 74.8 Å². The Bertz CT molecular complexity index is 256. The van der Waals surface area contributed by atoms with Gasteiger partial charge in [0.15, 0.2) is 0 Å². The third kappa shape index (κ3) is 2.55. The maximum absolute atomic E-state index is 5.48. The lowest BCUT2D eigenvalue weighted by Gasteiger charge is -1.94. The highest BCUT2D eigenvalue weighted by molar-refractivity contribution is 7.99. The average Bonchev–Trinajstić information content (AvgIpc) is 2.46. The van der Waals surface area contributed by atoms with Crippen LogP contribution in [0.1, 0.15) is 0 Å². The maximum atomic E-state index is 5.48. The number of nitrogens with two attached hydrogens (primary N) is 2. The molecular weight excluding hydrogens is 174 g/mol. The minimum absolute atomic E-state index is 0.565. The number of hydrogen-bond acceptors (Lipinski definition) is 5. The molecule has 0 atom stereocenters. The van der Waals surface area contributed by atoms with E-state index in [-0.39, 0.29) is 0 Å². The van der Waals surface area contributed by atoms with Crippen LogP contribution in [0.2, 0.25) is 0 Å². The quantitative estimate of drug-likeness (QED) is 0.379. The predicted octanol–water partition coefficient (Wildman–Crippen LogP) is -0.401. The number of thioether (sulfide) groups is 1. The average molecular weight is 185 g/mol. The Morgan fingerprint density at radius 3 is 3.00 bits per heavy atom. The molecule has 0 amide bonds. The van der Waals surface area contributed by atoms with E-state index in [2.05, 4.69) is 10.2 Å². The maximum Gasteiger partial charge on any atom is 0.209 e. The van der Waals surface area contributed by atoms with Crippen LogP contribution in [0.4, 0.5) is 0 Å². The number of aromatic nitrogens is 3. The summed E-state index contributed by atoms with van der Waals surface area (Å²) in [6, 6.07) is 0. The summed E-state index contributed by atoms with van der Waals surface area (Å²) in [6.45, 7) is 0.565. The fourth-order valence-electron chi connectivity index (χ4n) is 0.622. The zero-order chi connectivity index (χ0) is 8.81. The topological polar surface area (TPSA) is 82.8 Å². The van der Waals surface area contributed by atoms with E-state index in [9.17, 15) is 0 Å². The molecule has 1 aromatic rings. The second-order valence-corrected chi connectivity index (χ2v) is 3.03. The molecule has 0 saturated carbocycles. The van der Waals surface area contributed by atoms with Crippen LogP contribution in [0.25, 0.3) is 0 Å². The highest BCUT2D eigenvalue weighted by Gasteiger charge is 1.98. The SMILES string of the molecule is NCC=CCSc1nncn1N. The van der Waals surface area contributed by atoms with E-state index in [1.807, 2.05) is 12.2 Å². The minimum atomic E-state index is 0.565. The van der Waals surface area contributed by atoms with Gasteiger partial charge in [-0.15, -0.1) is 10.2 Å². The smallest absolute Gasteiger partial charge is 0.209 e. The van der Waals surface area contributed by atoms with Crippen LogP contribution in [0.15, 0.2) is 23.6 Å². The summed E-state index contributed by atoms with van der Waals surface area (Å²) in [7, 11) is 0. The van der Waals surface area contributed by atoms with Crippen LogP contribution >= 0.6 is 11.8 Å². The molecule has 4 N–H and O–H groups in total. The summed E-state index contributed by atoms with van der Waals surface area (Å²) in [5.74, 6) is 6.29. The minimum Gasteiger partial charge on any atom is -0.336 e. The standard InChI is InChI=1S/C6H11N5S/c7-3-1-2-4-12-6-10-9-5-11(6)8/h1-2,5H,3-4,7-8H2. The Kier molecular flexibility index (Phi) is 3.62. The van der Waals surface area contributed by atoms with Crippen LogP contribution in [0.3, 0.4) is 0 Å². The van der Waals surface area contributed by atoms with Crippen molar-refractivity contribution in [3.05, 3.63) is 18.5 Å². The Balaban J connectivity index is 2.33. The van der Waals surface area contributed by atoms with E-state index in [1.54, 1.807) is 0 Å². The monoisotopic (exact) mass is 185 g/mol. The molecule has 0 saturated heterocycles. The second-order valence-electron chi connectivity index (χ2n) is 2.04. The van der Waals surface area contributed by atoms with Gasteiger partial charge >= 0.3 is 0 Å². The third-order valence-corrected chi connectivity index (χ3v) is 2.06. The van der Waals surface area contributed by atoms with Crippen molar-refractivity contribution in [1.29, 1.82) is 0 Å². The van der Waals surface area contributed by atoms with Gasteiger partial charge < -0.3 is 11.6 Å². The van der Waals surface area contributed by atoms with E-state index in [1.165, 1.54) is 22.8 Å². The lowest BCUT2D eigenvalue weighted by atomic mass is 10.5. The number of nitrogens with zero attached hydrogens (tertiary/aromatic N) is 3. The summed E-state index contributed by atoms with van der Waals surface area (Å²) in [5, 5.41) is 8.14. The van der Waals surface area contributed by atoms with Crippen LogP contribution in [-0.2, 0) is 0 Å². The Hall–Kier alpha value is -1.01. The summed E-state index contributed by atoms with van der Waals surface area (Å²) >= 11 is 1.52. The molecule has 5 nitrogen and oxygen atoms in total. The summed E-state index contributed by atoms with van der Waals surface area (Å²) in [4.78, 5) is 0. The first-order valence-electron chi connectivity index (χ1n) is 3.47. The van der Waals surface area contributed by atoms with Crippen molar-refractivity contribution in [2.75, 3.05) is 18.1 Å². The fraction of sp³-hybridized carbons (Fsp3) is 0.333. The van der Waals surface area contributed by atoms with E-state index >= 15 is 0 Å². The van der Waals surface area contributed by atoms with Gasteiger partial charge in [-0.1, -0.05) is 23.9 Å². The lowest BCUT2D eigenvalue weighted by molar-refractivity contribution is 0.847. The molecule has 1 aromatic heterocycles. The highest BCUT2D eigenvalue weighted by Crippen LogP contribution is 2.11. The molecule has 12 heavy (non-hydrogen) atoms. The van der Waals surface area contributed by atoms with E-state index in [4.69, 9.17) is 11.6 Å². The molecule has 66 valence electrons. The van der Waals surface area contributed by atoms with Gasteiger partial charge in [-0.2, -0.15) is 0 Å². The van der Waals surface area contributed by atoms with Gasteiger partial charge in [0.2, 0.25) is 5.16 Å². The van der Waals surface area contributed by atoms with Gasteiger partial charge in [0.05, 0.1) is 0 Å². The van der Waals surface area contributed by atoms with Gasteiger partial charge in [0.25, 0.3) is 0 Å². The first kappa shape index (κ1) is 9.08. The number of rotatable bonds is 4. The molecular formula is C6H11N5S. The Morgan fingerprint density at radius 1 is 1.58 bits per heavy atom. The summed E-state index contributed by atoms with van der Waals surface area (Å²) in [5.41, 5.74) is 5.26. The molecule has 0 aromatic carbocycles. The highest BCUT2D eigenvalue weighted by atomic mass is 32.2. The van der Waals surface area contributed by atoms with Gasteiger partial charge in [0, 0.05) is 12.3 Å². The van der Waals surface area contributed by atoms with Crippen molar-refractivity contribution in [2.45, 2.75) is 5.16 Å². The van der Waals surface area contributed by atoms with Crippen molar-refractivity contribution in [3.8, 4) is 0 Å². The molecule has 6 heteroatoms. The molecule has 1 rings (SSSR count). The third-order valence-electron chi connectivity index (χ3n) is 1.15. The Morgan fingerprint density at radius 2 is 2.42 bits per heavy atom. The molecule has 0 aliphatic carbocycles. The molecule has 0 aliphatic heterocycles. The first-order valence-corrected chi connectivity index (χ1v) is 4.46. The van der Waals surface area contributed by atoms with Crippen molar-refractivity contribution in [1.82, 2.24) is 14.9 Å². The van der Waals surface area contributed by atoms with Crippen LogP contribution in [0, 0.1) is 0 Å². The second kappa shape index (κ2) is 4.78. The predicted molar refractivity (Wildman–Crippen MR) is 49.1 cm³/mol. The van der Waals surface area contributed by atoms with Crippen LogP contribution in [-0.4, -0.2) is 27.2 Å². The molecule has 0 unspecified atom stereocenters. The van der Waals surface area contributed by atoms with E-state index in [0.717, 1.165) is 5.75 Å². The number of nitrogen functional groups attached to an aromatic ring is 1. The molecule has 1 heterocycles. The molecule has 0 fully saturated rings. The molecule has 0 bridgehead atoms. The zero-order valence-corrected chi connectivity index (χ0v) is 7.37. The van der Waals surface area contributed by atoms with Gasteiger partial charge in [-0.05, 0) is 0 Å². The van der Waals surface area contributed by atoms with Crippen molar-refractivity contribution in [3.63, 3.8) is 0 Å². The van der Waals surface area contributed by atoms with E-state index < -0.39 is 0 Å².